The molecule has 4 aromatic rings. The Kier molecular flexibility index (Phi) is 22.3. The SMILES string of the molecule is CCCC[C@H](NC(=O)[C@@H](NC(=O)[C@H](Cc1cccc2ccccc12)CS(=O)(=O)C(C)(C)C)C(C)C)[C@@H](O)[C@H](O)[C@H](CCCC)NC(=O)[C@@H](NC(=O)[C@H](Cc1cccc2ccccc12)CS(=O)(=O)C(C)(C)C)C(C)C. The summed E-state index contributed by atoms with van der Waals surface area (Å²) in [6.45, 7) is 20.4. The van der Waals surface area contributed by atoms with Crippen LogP contribution >= 0.6 is 0 Å². The minimum atomic E-state index is -3.81. The standard InChI is InChI=1S/C58H86N4O10S2/c1-13-15-31-47(59-55(67)49(37(3)4)61-53(65)43(35-73(69,70)57(7,8)9)33-41-27-21-25-39-23-17-19-29-45(39)41)51(63)52(64)48(32-16-14-2)60-56(68)50(38(5)6)62-54(66)44(36-74(71,72)58(10,11)12)34-42-28-22-26-40-24-18-20-30-46(40)42/h17-30,37-38,43-44,47-52,63-64H,13-16,31-36H2,1-12H3,(H,59,67)(H,60,68)(H,61,65)(H,62,66)/t43-,44-,47+,48+,49+,50+,51-,52-/m1/s1. The number of unbranched alkanes of at least 4 members (excludes halogenated alkanes) is 2. The summed E-state index contributed by atoms with van der Waals surface area (Å²) in [6.07, 6.45) is -0.0925. The van der Waals surface area contributed by atoms with Crippen LogP contribution in [0, 0.1) is 23.7 Å². The molecule has 4 amide bonds. The largest absolute Gasteiger partial charge is 0.388 e. The molecular formula is C58H86N4O10S2. The van der Waals surface area contributed by atoms with Crippen molar-refractivity contribution in [2.45, 2.75) is 180 Å². The van der Waals surface area contributed by atoms with E-state index in [-0.39, 0.29) is 25.7 Å². The number of carbonyl (C=O) groups excluding carboxylic acids is 4. The average molecular weight is 1060 g/mol. The van der Waals surface area contributed by atoms with Gasteiger partial charge in [-0.25, -0.2) is 16.8 Å². The molecule has 0 aromatic heterocycles. The van der Waals surface area contributed by atoms with Gasteiger partial charge in [0, 0.05) is 0 Å². The van der Waals surface area contributed by atoms with E-state index in [9.17, 15) is 46.2 Å². The molecule has 0 spiro atoms. The highest BCUT2D eigenvalue weighted by atomic mass is 32.2. The zero-order valence-corrected chi connectivity index (χ0v) is 47.5. The van der Waals surface area contributed by atoms with Crippen LogP contribution in [0.4, 0.5) is 0 Å². The van der Waals surface area contributed by atoms with Gasteiger partial charge in [0.15, 0.2) is 19.7 Å². The Morgan fingerprint density at radius 3 is 1.12 bits per heavy atom. The van der Waals surface area contributed by atoms with Gasteiger partial charge in [0.05, 0.1) is 44.9 Å². The van der Waals surface area contributed by atoms with Crippen LogP contribution < -0.4 is 21.3 Å². The maximum atomic E-state index is 14.4. The van der Waals surface area contributed by atoms with Gasteiger partial charge in [-0.05, 0) is 112 Å². The van der Waals surface area contributed by atoms with Crippen molar-refractivity contribution in [1.29, 1.82) is 0 Å². The van der Waals surface area contributed by atoms with Crippen molar-refractivity contribution < 1.29 is 46.2 Å². The third-order valence-corrected chi connectivity index (χ3v) is 19.6. The lowest BCUT2D eigenvalue weighted by Gasteiger charge is -2.35. The number of rotatable bonds is 27. The van der Waals surface area contributed by atoms with Crippen LogP contribution in [0.15, 0.2) is 84.9 Å². The van der Waals surface area contributed by atoms with Gasteiger partial charge in [0.25, 0.3) is 0 Å². The number of fused-ring (bicyclic) bond motifs is 2. The molecule has 6 N–H and O–H groups in total. The molecule has 74 heavy (non-hydrogen) atoms. The Bertz CT molecular complexity index is 2550. The molecule has 4 rings (SSSR count). The summed E-state index contributed by atoms with van der Waals surface area (Å²) in [5.41, 5.74) is 1.57. The lowest BCUT2D eigenvalue weighted by atomic mass is 9.91. The summed E-state index contributed by atoms with van der Waals surface area (Å²) < 4.78 is 52.4. The van der Waals surface area contributed by atoms with Crippen molar-refractivity contribution in [3.8, 4) is 0 Å². The number of benzene rings is 4. The van der Waals surface area contributed by atoms with E-state index in [2.05, 4.69) is 21.3 Å². The first kappa shape index (κ1) is 61.6. The second-order valence-corrected chi connectivity index (χ2v) is 28.4. The monoisotopic (exact) mass is 1060 g/mol. The summed E-state index contributed by atoms with van der Waals surface area (Å²) in [4.78, 5) is 57.6. The fourth-order valence-corrected chi connectivity index (χ4v) is 11.7. The van der Waals surface area contributed by atoms with E-state index in [4.69, 9.17) is 0 Å². The highest BCUT2D eigenvalue weighted by molar-refractivity contribution is 7.93. The van der Waals surface area contributed by atoms with Gasteiger partial charge in [-0.2, -0.15) is 0 Å². The fraction of sp³-hybridized carbons (Fsp3) is 0.586. The smallest absolute Gasteiger partial charge is 0.243 e. The molecule has 0 aliphatic carbocycles. The first-order valence-corrected chi connectivity index (χ1v) is 29.8. The minimum Gasteiger partial charge on any atom is -0.388 e. The van der Waals surface area contributed by atoms with Crippen LogP contribution in [0.25, 0.3) is 21.5 Å². The molecule has 8 atom stereocenters. The molecule has 0 unspecified atom stereocenters. The summed E-state index contributed by atoms with van der Waals surface area (Å²) >= 11 is 0. The van der Waals surface area contributed by atoms with Crippen molar-refractivity contribution >= 4 is 64.8 Å². The number of hydrogen-bond donors (Lipinski definition) is 6. The highest BCUT2D eigenvalue weighted by Gasteiger charge is 2.41. The van der Waals surface area contributed by atoms with Crippen molar-refractivity contribution in [3.63, 3.8) is 0 Å². The number of nitrogens with one attached hydrogen (secondary N) is 4. The molecule has 0 saturated carbocycles. The number of sulfone groups is 2. The predicted molar refractivity (Wildman–Crippen MR) is 298 cm³/mol. The normalized spacial score (nSPS) is 15.9. The quantitative estimate of drug-likeness (QED) is 0.0340. The predicted octanol–water partition coefficient (Wildman–Crippen LogP) is 7.79. The molecule has 0 bridgehead atoms. The van der Waals surface area contributed by atoms with Crippen LogP contribution in [0.5, 0.6) is 0 Å². The Labute approximate surface area is 441 Å². The zero-order chi connectivity index (χ0) is 55.3. The number of carbonyl (C=O) groups is 4. The highest BCUT2D eigenvalue weighted by Crippen LogP contribution is 2.28. The van der Waals surface area contributed by atoms with Crippen molar-refractivity contribution in [3.05, 3.63) is 96.1 Å². The Morgan fingerprint density at radius 1 is 0.486 bits per heavy atom. The lowest BCUT2D eigenvalue weighted by Crippen LogP contribution is -2.61. The van der Waals surface area contributed by atoms with E-state index in [0.29, 0.717) is 25.7 Å². The molecule has 0 fully saturated rings. The molecule has 410 valence electrons. The Morgan fingerprint density at radius 2 is 0.811 bits per heavy atom. The van der Waals surface area contributed by atoms with E-state index in [1.54, 1.807) is 69.2 Å². The molecule has 14 nitrogen and oxygen atoms in total. The molecule has 0 saturated heterocycles. The van der Waals surface area contributed by atoms with Crippen LogP contribution in [-0.4, -0.2) is 108 Å². The van der Waals surface area contributed by atoms with Crippen LogP contribution in [0.1, 0.15) is 133 Å². The van der Waals surface area contributed by atoms with Crippen molar-refractivity contribution in [2.75, 3.05) is 11.5 Å². The molecule has 0 radical (unpaired) electrons. The molecule has 0 heterocycles. The molecule has 0 aliphatic heterocycles. The van der Waals surface area contributed by atoms with E-state index >= 15 is 0 Å². The van der Waals surface area contributed by atoms with Crippen LogP contribution in [-0.2, 0) is 51.7 Å². The van der Waals surface area contributed by atoms with E-state index in [1.807, 2.05) is 98.8 Å². The van der Waals surface area contributed by atoms with Gasteiger partial charge in [-0.1, -0.05) is 152 Å². The summed E-state index contributed by atoms with van der Waals surface area (Å²) in [7, 11) is -7.62. The first-order valence-electron chi connectivity index (χ1n) is 26.5. The minimum absolute atomic E-state index is 0.0932. The average Bonchev–Trinajstić information content (AvgIpc) is 3.32. The van der Waals surface area contributed by atoms with Gasteiger partial charge in [0.1, 0.15) is 24.3 Å². The fourth-order valence-electron chi connectivity index (χ4n) is 9.09. The van der Waals surface area contributed by atoms with Crippen LogP contribution in [0.2, 0.25) is 0 Å². The lowest BCUT2D eigenvalue weighted by molar-refractivity contribution is -0.134. The van der Waals surface area contributed by atoms with E-state index < -0.39 is 124 Å². The number of hydrogen-bond acceptors (Lipinski definition) is 10. The second kappa shape index (κ2) is 26.7. The van der Waals surface area contributed by atoms with Crippen molar-refractivity contribution in [2.24, 2.45) is 23.7 Å². The van der Waals surface area contributed by atoms with Gasteiger partial charge < -0.3 is 31.5 Å². The number of amides is 4. The number of aliphatic hydroxyl groups is 2. The molecule has 4 aromatic carbocycles. The molecule has 0 aliphatic rings. The maximum absolute atomic E-state index is 14.4. The summed E-state index contributed by atoms with van der Waals surface area (Å²) in [5.74, 6) is -6.50. The van der Waals surface area contributed by atoms with Gasteiger partial charge >= 0.3 is 0 Å². The molecule has 16 heteroatoms. The molecular weight excluding hydrogens is 977 g/mol. The zero-order valence-electron chi connectivity index (χ0n) is 45.9. The summed E-state index contributed by atoms with van der Waals surface area (Å²) in [5, 5.41) is 39.3. The van der Waals surface area contributed by atoms with Gasteiger partial charge in [-0.3, -0.25) is 19.2 Å². The maximum Gasteiger partial charge on any atom is 0.243 e. The third-order valence-electron chi connectivity index (χ3n) is 14.2. The van der Waals surface area contributed by atoms with Crippen molar-refractivity contribution in [1.82, 2.24) is 21.3 Å². The Hall–Kier alpha value is -4.90. The van der Waals surface area contributed by atoms with Gasteiger partial charge in [0.2, 0.25) is 23.6 Å². The van der Waals surface area contributed by atoms with E-state index in [0.717, 1.165) is 32.7 Å². The summed E-state index contributed by atoms with van der Waals surface area (Å²) in [6, 6.07) is 22.3. The van der Waals surface area contributed by atoms with Gasteiger partial charge in [-0.15, -0.1) is 0 Å². The number of aliphatic hydroxyl groups excluding tert-OH is 2. The third kappa shape index (κ3) is 16.5. The van der Waals surface area contributed by atoms with Crippen LogP contribution in [0.3, 0.4) is 0 Å². The second-order valence-electron chi connectivity index (χ2n) is 22.8. The topological polar surface area (TPSA) is 225 Å². The Balaban J connectivity index is 1.59. The van der Waals surface area contributed by atoms with E-state index in [1.165, 1.54) is 0 Å². The first-order chi connectivity index (χ1) is 34.5.